The summed E-state index contributed by atoms with van der Waals surface area (Å²) in [5, 5.41) is 0.440. The van der Waals surface area contributed by atoms with Crippen LogP contribution in [0.2, 0.25) is 0 Å². The van der Waals surface area contributed by atoms with Crippen LogP contribution in [0.3, 0.4) is 0 Å². The molecule has 1 saturated heterocycles. The number of hydrogen-bond donors (Lipinski definition) is 0. The molecule has 1 aromatic rings. The van der Waals surface area contributed by atoms with E-state index in [0.717, 1.165) is 12.1 Å². The molecule has 1 atom stereocenters. The standard InChI is InChI=1S/C18H26N2O2S/c1-12-8-13(2)18(23-14(3)10-19(4)5)15(9-12)11-20-16(21)6-7-17(20)22/h8-9,14H,6-7,10-11H2,1-5H3. The van der Waals surface area contributed by atoms with Crippen molar-refractivity contribution in [2.45, 2.75) is 50.3 Å². The highest BCUT2D eigenvalue weighted by Gasteiger charge is 2.29. The third kappa shape index (κ3) is 4.58. The van der Waals surface area contributed by atoms with Crippen LogP contribution in [-0.4, -0.2) is 47.5 Å². The van der Waals surface area contributed by atoms with Crippen molar-refractivity contribution in [1.29, 1.82) is 0 Å². The summed E-state index contributed by atoms with van der Waals surface area (Å²) in [5.74, 6) is -0.0992. The molecule has 2 rings (SSSR count). The van der Waals surface area contributed by atoms with E-state index in [4.69, 9.17) is 0 Å². The van der Waals surface area contributed by atoms with E-state index in [1.807, 2.05) is 11.8 Å². The number of rotatable bonds is 6. The molecule has 1 fully saturated rings. The van der Waals surface area contributed by atoms with Crippen molar-refractivity contribution in [3.8, 4) is 0 Å². The van der Waals surface area contributed by atoms with Gasteiger partial charge >= 0.3 is 0 Å². The number of carbonyl (C=O) groups excluding carboxylic acids is 2. The summed E-state index contributed by atoms with van der Waals surface area (Å²) in [6, 6.07) is 4.28. The van der Waals surface area contributed by atoms with Gasteiger partial charge in [-0.2, -0.15) is 0 Å². The van der Waals surface area contributed by atoms with E-state index in [-0.39, 0.29) is 11.8 Å². The SMILES string of the molecule is Cc1cc(C)c(SC(C)CN(C)C)c(CN2C(=O)CCC2=O)c1. The Labute approximate surface area is 143 Å². The van der Waals surface area contributed by atoms with Gasteiger partial charge in [-0.1, -0.05) is 24.6 Å². The van der Waals surface area contributed by atoms with Gasteiger partial charge in [0.05, 0.1) is 6.54 Å². The number of benzene rings is 1. The molecule has 5 heteroatoms. The van der Waals surface area contributed by atoms with E-state index in [1.165, 1.54) is 20.9 Å². The second-order valence-corrected chi connectivity index (χ2v) is 8.08. The fourth-order valence-corrected chi connectivity index (χ4v) is 4.35. The van der Waals surface area contributed by atoms with E-state index in [9.17, 15) is 9.59 Å². The van der Waals surface area contributed by atoms with Crippen LogP contribution in [-0.2, 0) is 16.1 Å². The number of hydrogen-bond acceptors (Lipinski definition) is 4. The highest BCUT2D eigenvalue weighted by atomic mass is 32.2. The van der Waals surface area contributed by atoms with Gasteiger partial charge in [0.2, 0.25) is 11.8 Å². The van der Waals surface area contributed by atoms with Crippen LogP contribution < -0.4 is 0 Å². The number of nitrogens with zero attached hydrogens (tertiary/aromatic N) is 2. The topological polar surface area (TPSA) is 40.6 Å². The van der Waals surface area contributed by atoms with Crippen molar-refractivity contribution in [3.05, 3.63) is 28.8 Å². The number of imide groups is 1. The molecule has 0 aliphatic carbocycles. The molecule has 1 unspecified atom stereocenters. The van der Waals surface area contributed by atoms with Crippen LogP contribution in [0.1, 0.15) is 36.5 Å². The Balaban J connectivity index is 2.27. The molecule has 2 amide bonds. The fourth-order valence-electron chi connectivity index (χ4n) is 3.05. The Kier molecular flexibility index (Phi) is 5.87. The molecule has 23 heavy (non-hydrogen) atoms. The zero-order valence-electron chi connectivity index (χ0n) is 14.7. The minimum Gasteiger partial charge on any atom is -0.308 e. The fraction of sp³-hybridized carbons (Fsp3) is 0.556. The first kappa shape index (κ1) is 18.0. The van der Waals surface area contributed by atoms with E-state index in [0.29, 0.717) is 24.6 Å². The maximum absolute atomic E-state index is 11.9. The third-order valence-electron chi connectivity index (χ3n) is 3.92. The number of thioether (sulfide) groups is 1. The molecule has 1 aromatic carbocycles. The van der Waals surface area contributed by atoms with Gasteiger partial charge in [0, 0.05) is 29.5 Å². The van der Waals surface area contributed by atoms with Crippen molar-refractivity contribution in [2.75, 3.05) is 20.6 Å². The van der Waals surface area contributed by atoms with E-state index >= 15 is 0 Å². The second kappa shape index (κ2) is 7.49. The molecule has 0 N–H and O–H groups in total. The first-order valence-corrected chi connectivity index (χ1v) is 8.90. The molecule has 1 aliphatic rings. The Morgan fingerprint density at radius 2 is 1.78 bits per heavy atom. The van der Waals surface area contributed by atoms with Crippen LogP contribution >= 0.6 is 11.8 Å². The Morgan fingerprint density at radius 1 is 1.17 bits per heavy atom. The molecule has 4 nitrogen and oxygen atoms in total. The number of amides is 2. The zero-order chi connectivity index (χ0) is 17.1. The highest BCUT2D eigenvalue weighted by molar-refractivity contribution is 8.00. The normalized spacial score (nSPS) is 16.5. The Hall–Kier alpha value is -1.33. The summed E-state index contributed by atoms with van der Waals surface area (Å²) in [4.78, 5) is 28.7. The van der Waals surface area contributed by atoms with Crippen molar-refractivity contribution in [1.82, 2.24) is 9.80 Å². The van der Waals surface area contributed by atoms with Gasteiger partial charge in [-0.05, 0) is 39.1 Å². The lowest BCUT2D eigenvalue weighted by Crippen LogP contribution is -2.29. The first-order valence-electron chi connectivity index (χ1n) is 8.02. The first-order chi connectivity index (χ1) is 10.8. The minimum atomic E-state index is -0.0496. The maximum atomic E-state index is 11.9. The van der Waals surface area contributed by atoms with Gasteiger partial charge in [0.1, 0.15) is 0 Å². The molecular formula is C18H26N2O2S. The summed E-state index contributed by atoms with van der Waals surface area (Å²) in [5.41, 5.74) is 3.47. The zero-order valence-corrected chi connectivity index (χ0v) is 15.5. The van der Waals surface area contributed by atoms with Crippen molar-refractivity contribution in [3.63, 3.8) is 0 Å². The van der Waals surface area contributed by atoms with Gasteiger partial charge in [-0.25, -0.2) is 0 Å². The maximum Gasteiger partial charge on any atom is 0.229 e. The van der Waals surface area contributed by atoms with E-state index in [1.54, 1.807) is 0 Å². The molecular weight excluding hydrogens is 308 g/mol. The molecule has 1 heterocycles. The van der Waals surface area contributed by atoms with Gasteiger partial charge < -0.3 is 4.90 Å². The van der Waals surface area contributed by atoms with Gasteiger partial charge in [-0.3, -0.25) is 14.5 Å². The average molecular weight is 334 g/mol. The Morgan fingerprint density at radius 3 is 2.35 bits per heavy atom. The van der Waals surface area contributed by atoms with Crippen LogP contribution in [0.5, 0.6) is 0 Å². The third-order valence-corrected chi connectivity index (χ3v) is 5.29. The lowest BCUT2D eigenvalue weighted by Gasteiger charge is -2.22. The molecule has 126 valence electrons. The monoisotopic (exact) mass is 334 g/mol. The molecule has 0 radical (unpaired) electrons. The number of likely N-dealkylation sites (tertiary alicyclic amines) is 1. The number of aryl methyl sites for hydroxylation is 2. The van der Waals surface area contributed by atoms with E-state index in [2.05, 4.69) is 51.9 Å². The van der Waals surface area contributed by atoms with Gasteiger partial charge in [-0.15, -0.1) is 11.8 Å². The molecule has 0 aromatic heterocycles. The largest absolute Gasteiger partial charge is 0.308 e. The minimum absolute atomic E-state index is 0.0496. The summed E-state index contributed by atoms with van der Waals surface area (Å²) >= 11 is 1.83. The molecule has 0 spiro atoms. The van der Waals surface area contributed by atoms with Gasteiger partial charge in [0.15, 0.2) is 0 Å². The quantitative estimate of drug-likeness (QED) is 0.592. The van der Waals surface area contributed by atoms with Crippen LogP contribution in [0.4, 0.5) is 0 Å². The van der Waals surface area contributed by atoms with Crippen LogP contribution in [0, 0.1) is 13.8 Å². The smallest absolute Gasteiger partial charge is 0.229 e. The predicted octanol–water partition coefficient (Wildman–Crippen LogP) is 2.99. The number of carbonyl (C=O) groups is 2. The summed E-state index contributed by atoms with van der Waals surface area (Å²) < 4.78 is 0. The summed E-state index contributed by atoms with van der Waals surface area (Å²) in [6.45, 7) is 7.76. The Bertz CT molecular complexity index is 597. The predicted molar refractivity (Wildman–Crippen MR) is 94.6 cm³/mol. The lowest BCUT2D eigenvalue weighted by molar-refractivity contribution is -0.139. The lowest BCUT2D eigenvalue weighted by atomic mass is 10.1. The molecule has 0 saturated carbocycles. The average Bonchev–Trinajstić information content (AvgIpc) is 2.73. The molecule has 0 bridgehead atoms. The van der Waals surface area contributed by atoms with E-state index < -0.39 is 0 Å². The van der Waals surface area contributed by atoms with Crippen LogP contribution in [0.15, 0.2) is 17.0 Å². The molecule has 1 aliphatic heterocycles. The second-order valence-electron chi connectivity index (χ2n) is 6.63. The van der Waals surface area contributed by atoms with Crippen molar-refractivity contribution in [2.24, 2.45) is 0 Å². The van der Waals surface area contributed by atoms with Gasteiger partial charge in [0.25, 0.3) is 0 Å². The van der Waals surface area contributed by atoms with Crippen molar-refractivity contribution >= 4 is 23.6 Å². The summed E-state index contributed by atoms with van der Waals surface area (Å²) in [7, 11) is 4.14. The van der Waals surface area contributed by atoms with Crippen molar-refractivity contribution < 1.29 is 9.59 Å². The summed E-state index contributed by atoms with van der Waals surface area (Å²) in [6.07, 6.45) is 0.701. The highest BCUT2D eigenvalue weighted by Crippen LogP contribution is 2.33. The van der Waals surface area contributed by atoms with Crippen LogP contribution in [0.25, 0.3) is 0 Å².